The monoisotopic (exact) mass is 221 g/mol. The van der Waals surface area contributed by atoms with Gasteiger partial charge in [0.25, 0.3) is 0 Å². The molecule has 2 nitrogen and oxygen atoms in total. The molecule has 0 saturated heterocycles. The van der Waals surface area contributed by atoms with E-state index in [4.69, 9.17) is 28.9 Å². The summed E-state index contributed by atoms with van der Waals surface area (Å²) in [4.78, 5) is 11.1. The Morgan fingerprint density at radius 2 is 2.15 bits per heavy atom. The zero-order valence-corrected chi connectivity index (χ0v) is 7.99. The lowest BCUT2D eigenvalue weighted by Crippen LogP contribution is -2.08. The first kappa shape index (κ1) is 10.3. The topological polar surface area (TPSA) is 43.1 Å². The number of rotatable bonds is 2. The summed E-state index contributed by atoms with van der Waals surface area (Å²) in [5.74, 6) is -1.59. The lowest BCUT2D eigenvalue weighted by Gasteiger charge is -2.05. The van der Waals surface area contributed by atoms with E-state index in [1.807, 2.05) is 0 Å². The Bertz CT molecular complexity index is 354. The second-order valence-electron chi connectivity index (χ2n) is 2.37. The lowest BCUT2D eigenvalue weighted by atomic mass is 10.1. The van der Waals surface area contributed by atoms with Crippen LogP contribution in [0.2, 0.25) is 5.02 Å². The van der Waals surface area contributed by atoms with Gasteiger partial charge in [0.1, 0.15) is 5.82 Å². The van der Waals surface area contributed by atoms with Gasteiger partial charge in [0.2, 0.25) is 0 Å². The Hall–Kier alpha value is -0.800. The van der Waals surface area contributed by atoms with E-state index in [1.165, 1.54) is 6.07 Å². The molecular formula is C8H6Cl2FNO. The summed E-state index contributed by atoms with van der Waals surface area (Å²) in [6.07, 6.45) is 0. The van der Waals surface area contributed by atoms with Crippen molar-refractivity contribution in [1.29, 1.82) is 0 Å². The lowest BCUT2D eigenvalue weighted by molar-refractivity contribution is 0.101. The van der Waals surface area contributed by atoms with Crippen molar-refractivity contribution in [2.24, 2.45) is 0 Å². The molecule has 0 aliphatic carbocycles. The molecular weight excluding hydrogens is 216 g/mol. The molecule has 0 atom stereocenters. The second-order valence-corrected chi connectivity index (χ2v) is 3.05. The molecule has 0 saturated carbocycles. The van der Waals surface area contributed by atoms with Gasteiger partial charge in [-0.1, -0.05) is 11.6 Å². The van der Waals surface area contributed by atoms with E-state index in [9.17, 15) is 9.18 Å². The van der Waals surface area contributed by atoms with Crippen LogP contribution in [-0.2, 0) is 0 Å². The van der Waals surface area contributed by atoms with Crippen LogP contribution in [0.15, 0.2) is 12.1 Å². The van der Waals surface area contributed by atoms with Crippen molar-refractivity contribution < 1.29 is 9.18 Å². The number of carbonyl (C=O) groups is 1. The SMILES string of the molecule is Nc1c(Cl)ccc(F)c1C(=O)CCl. The molecule has 1 aromatic carbocycles. The molecule has 0 spiro atoms. The normalized spacial score (nSPS) is 10.1. The fourth-order valence-corrected chi connectivity index (χ4v) is 1.21. The van der Waals surface area contributed by atoms with Crippen molar-refractivity contribution in [1.82, 2.24) is 0 Å². The Morgan fingerprint density at radius 3 is 2.69 bits per heavy atom. The first-order chi connectivity index (χ1) is 6.07. The molecule has 0 bridgehead atoms. The third-order valence-electron chi connectivity index (χ3n) is 1.54. The van der Waals surface area contributed by atoms with Gasteiger partial charge in [-0.2, -0.15) is 0 Å². The number of anilines is 1. The van der Waals surface area contributed by atoms with E-state index in [-0.39, 0.29) is 22.2 Å². The highest BCUT2D eigenvalue weighted by Crippen LogP contribution is 2.25. The maximum absolute atomic E-state index is 13.0. The maximum atomic E-state index is 13.0. The molecule has 2 N–H and O–H groups in total. The molecule has 70 valence electrons. The van der Waals surface area contributed by atoms with Crippen LogP contribution in [0.4, 0.5) is 10.1 Å². The highest BCUT2D eigenvalue weighted by Gasteiger charge is 2.16. The molecule has 0 unspecified atom stereocenters. The minimum Gasteiger partial charge on any atom is -0.397 e. The molecule has 0 aliphatic rings. The summed E-state index contributed by atoms with van der Waals surface area (Å²) in [6.45, 7) is 0. The molecule has 0 fully saturated rings. The first-order valence-electron chi connectivity index (χ1n) is 3.40. The van der Waals surface area contributed by atoms with E-state index >= 15 is 0 Å². The van der Waals surface area contributed by atoms with E-state index in [1.54, 1.807) is 0 Å². The third kappa shape index (κ3) is 1.92. The number of carbonyl (C=O) groups excluding carboxylic acids is 1. The molecule has 13 heavy (non-hydrogen) atoms. The summed E-state index contributed by atoms with van der Waals surface area (Å²) in [6, 6.07) is 2.37. The number of nitrogens with two attached hydrogens (primary N) is 1. The van der Waals surface area contributed by atoms with Crippen LogP contribution in [0, 0.1) is 5.82 Å². The maximum Gasteiger partial charge on any atom is 0.182 e. The zero-order chi connectivity index (χ0) is 10.0. The predicted molar refractivity (Wildman–Crippen MR) is 50.9 cm³/mol. The van der Waals surface area contributed by atoms with Gasteiger partial charge in [-0.3, -0.25) is 4.79 Å². The smallest absolute Gasteiger partial charge is 0.182 e. The van der Waals surface area contributed by atoms with E-state index < -0.39 is 11.6 Å². The first-order valence-corrected chi connectivity index (χ1v) is 4.31. The van der Waals surface area contributed by atoms with E-state index in [0.717, 1.165) is 6.07 Å². The molecule has 1 aromatic rings. The Kier molecular flexibility index (Phi) is 3.12. The summed E-state index contributed by atoms with van der Waals surface area (Å²) in [5.41, 5.74) is 5.11. The molecule has 0 radical (unpaired) electrons. The van der Waals surface area contributed by atoms with Crippen molar-refractivity contribution in [3.63, 3.8) is 0 Å². The predicted octanol–water partition coefficient (Wildman–Crippen LogP) is 2.48. The van der Waals surface area contributed by atoms with Crippen LogP contribution in [0.5, 0.6) is 0 Å². The number of hydrogen-bond acceptors (Lipinski definition) is 2. The summed E-state index contributed by atoms with van der Waals surface area (Å²) in [7, 11) is 0. The van der Waals surface area contributed by atoms with Gasteiger partial charge < -0.3 is 5.73 Å². The molecule has 5 heteroatoms. The van der Waals surface area contributed by atoms with Crippen molar-refractivity contribution in [2.75, 3.05) is 11.6 Å². The average Bonchev–Trinajstić information content (AvgIpc) is 2.12. The van der Waals surface area contributed by atoms with Gasteiger partial charge >= 0.3 is 0 Å². The van der Waals surface area contributed by atoms with Crippen molar-refractivity contribution in [3.05, 3.63) is 28.5 Å². The molecule has 0 aromatic heterocycles. The van der Waals surface area contributed by atoms with Gasteiger partial charge in [-0.15, -0.1) is 11.6 Å². The highest BCUT2D eigenvalue weighted by molar-refractivity contribution is 6.35. The van der Waals surface area contributed by atoms with Crippen LogP contribution in [0.3, 0.4) is 0 Å². The Balaban J connectivity index is 3.33. The van der Waals surface area contributed by atoms with Crippen LogP contribution < -0.4 is 5.73 Å². The largest absolute Gasteiger partial charge is 0.397 e. The second kappa shape index (κ2) is 3.94. The number of alkyl halides is 1. The Labute approximate surface area is 84.4 Å². The molecule has 0 heterocycles. The number of benzene rings is 1. The van der Waals surface area contributed by atoms with Crippen molar-refractivity contribution >= 4 is 34.7 Å². The molecule has 0 aliphatic heterocycles. The van der Waals surface area contributed by atoms with Gasteiger partial charge in [-0.05, 0) is 12.1 Å². The van der Waals surface area contributed by atoms with Crippen molar-refractivity contribution in [3.8, 4) is 0 Å². The highest BCUT2D eigenvalue weighted by atomic mass is 35.5. The minimum atomic E-state index is -0.701. The van der Waals surface area contributed by atoms with E-state index in [2.05, 4.69) is 0 Å². The fraction of sp³-hybridized carbons (Fsp3) is 0.125. The quantitative estimate of drug-likeness (QED) is 0.474. The number of hydrogen-bond donors (Lipinski definition) is 1. The summed E-state index contributed by atoms with van der Waals surface area (Å²) < 4.78 is 13.0. The fourth-order valence-electron chi connectivity index (χ4n) is 0.918. The summed E-state index contributed by atoms with van der Waals surface area (Å²) >= 11 is 10.9. The van der Waals surface area contributed by atoms with Gasteiger partial charge in [0, 0.05) is 0 Å². The Morgan fingerprint density at radius 1 is 1.54 bits per heavy atom. The zero-order valence-electron chi connectivity index (χ0n) is 6.48. The molecule has 0 amide bonds. The average molecular weight is 222 g/mol. The van der Waals surface area contributed by atoms with Crippen LogP contribution in [0.25, 0.3) is 0 Å². The minimum absolute atomic E-state index is 0.0627. The standard InChI is InChI=1S/C8H6Cl2FNO/c9-3-6(13)7-5(11)2-1-4(10)8(7)12/h1-2H,3,12H2. The van der Waals surface area contributed by atoms with Gasteiger partial charge in [0.05, 0.1) is 22.2 Å². The molecule has 1 rings (SSSR count). The summed E-state index contributed by atoms with van der Waals surface area (Å²) in [5, 5.41) is 0.148. The van der Waals surface area contributed by atoms with Crippen LogP contribution in [-0.4, -0.2) is 11.7 Å². The van der Waals surface area contributed by atoms with Gasteiger partial charge in [-0.25, -0.2) is 4.39 Å². The number of ketones is 1. The number of halogens is 3. The van der Waals surface area contributed by atoms with Crippen LogP contribution in [0.1, 0.15) is 10.4 Å². The number of Topliss-reactive ketones (excluding diaryl/α,β-unsaturated/α-hetero) is 1. The number of nitrogen functional groups attached to an aromatic ring is 1. The van der Waals surface area contributed by atoms with Gasteiger partial charge in [0.15, 0.2) is 5.78 Å². The third-order valence-corrected chi connectivity index (χ3v) is 2.11. The van der Waals surface area contributed by atoms with E-state index in [0.29, 0.717) is 0 Å². The van der Waals surface area contributed by atoms with Crippen molar-refractivity contribution in [2.45, 2.75) is 0 Å². The van der Waals surface area contributed by atoms with Crippen LogP contribution >= 0.6 is 23.2 Å².